The molecule has 3 heterocycles. The maximum Gasteiger partial charge on any atom is 3.00 e. The topological polar surface area (TPSA) is 70.8 Å². The molecule has 0 N–H and O–H groups in total. The summed E-state index contributed by atoms with van der Waals surface area (Å²) in [5.41, 5.74) is 9.39. The van der Waals surface area contributed by atoms with Crippen LogP contribution in [0, 0.1) is 19.1 Å². The van der Waals surface area contributed by atoms with Crippen LogP contribution in [-0.4, -0.2) is 30.3 Å². The van der Waals surface area contributed by atoms with Crippen molar-refractivity contribution < 1.29 is 20.1 Å². The van der Waals surface area contributed by atoms with Crippen molar-refractivity contribution in [2.24, 2.45) is 14.1 Å². The predicted octanol–water partition coefficient (Wildman–Crippen LogP) is 8.10. The zero-order chi connectivity index (χ0) is 29.5. The fourth-order valence-electron chi connectivity index (χ4n) is 4.69. The Morgan fingerprint density at radius 3 is 1.67 bits per heavy atom. The fraction of sp³-hybridized carbons (Fsp3) is 0.111. The van der Waals surface area contributed by atoms with Gasteiger partial charge in [0, 0.05) is 20.3 Å². The zero-order valence-corrected chi connectivity index (χ0v) is 26.9. The molecule has 0 bridgehead atoms. The Kier molecular flexibility index (Phi) is 10.5. The monoisotopic (exact) mass is 740 g/mol. The van der Waals surface area contributed by atoms with Crippen LogP contribution in [0.2, 0.25) is 0 Å². The molecule has 7 aromatic rings. The Hall–Kier alpha value is -4.71. The van der Waals surface area contributed by atoms with Crippen molar-refractivity contribution in [2.45, 2.75) is 13.8 Å². The number of aromatic nitrogens is 5. The Bertz CT molecular complexity index is 1840. The van der Waals surface area contributed by atoms with E-state index in [-0.39, 0.29) is 20.1 Å². The van der Waals surface area contributed by atoms with Gasteiger partial charge in [0.25, 0.3) is 0 Å². The second-order valence-electron chi connectivity index (χ2n) is 9.70. The largest absolute Gasteiger partial charge is 3.00 e. The summed E-state index contributed by atoms with van der Waals surface area (Å²) in [7, 11) is 4.08. The summed E-state index contributed by atoms with van der Waals surface area (Å²) in [4.78, 5) is 13.8. The van der Waals surface area contributed by atoms with Crippen LogP contribution in [-0.2, 0) is 34.2 Å². The van der Waals surface area contributed by atoms with Crippen LogP contribution in [0.25, 0.3) is 61.5 Å². The minimum absolute atomic E-state index is 0. The number of rotatable bonds is 3. The minimum Gasteiger partial charge on any atom is -0.814 e. The number of aryl methyl sites for hydroxylation is 3. The molecule has 0 spiro atoms. The fourth-order valence-corrected chi connectivity index (χ4v) is 4.69. The number of fused-ring (bicyclic) bond motifs is 2. The van der Waals surface area contributed by atoms with E-state index >= 15 is 0 Å². The molecule has 3 aromatic heterocycles. The van der Waals surface area contributed by atoms with Gasteiger partial charge in [0.2, 0.25) is 0 Å². The van der Waals surface area contributed by atoms with Crippen LogP contribution in [0.5, 0.6) is 0 Å². The maximum atomic E-state index is 7.44. The molecule has 6 nitrogen and oxygen atoms in total. The van der Waals surface area contributed by atoms with Crippen LogP contribution >= 0.6 is 0 Å². The third-order valence-corrected chi connectivity index (χ3v) is 6.76. The van der Waals surface area contributed by atoms with Crippen molar-refractivity contribution in [3.8, 4) is 34.0 Å². The molecule has 214 valence electrons. The summed E-state index contributed by atoms with van der Waals surface area (Å²) < 4.78 is 4.22. The summed E-state index contributed by atoms with van der Waals surface area (Å²) in [6, 6.07) is 41.1. The predicted molar refractivity (Wildman–Crippen MR) is 173 cm³/mol. The van der Waals surface area contributed by atoms with Gasteiger partial charge in [-0.3, -0.25) is 9.97 Å². The van der Waals surface area contributed by atoms with Gasteiger partial charge in [0.15, 0.2) is 0 Å². The summed E-state index contributed by atoms with van der Waals surface area (Å²) in [6.07, 6.45) is 2.79. The third kappa shape index (κ3) is 7.03. The standard InChI is InChI=1S/C22H17N4.C12H10N.C2H4N.Ir/c1-25-19-12-5-3-10-17(19)23-21(25)15-8-7-9-16(14-15)22-24-18-11-4-6-13-20(18)26(22)2;1-10-5-7-11(8-6-10)12-4-2-3-9-13-12;1-2-3;/h3-13H,1-2H3;2-7,9H,1H3;2H,1H3;/q3*-1;+3. The number of benzene rings is 4. The van der Waals surface area contributed by atoms with Crippen molar-refractivity contribution in [1.82, 2.24) is 24.1 Å². The van der Waals surface area contributed by atoms with E-state index in [0.717, 1.165) is 62.3 Å². The molecule has 0 unspecified atom stereocenters. The molecule has 7 rings (SSSR count). The van der Waals surface area contributed by atoms with Crippen molar-refractivity contribution in [2.75, 3.05) is 0 Å². The van der Waals surface area contributed by atoms with Crippen LogP contribution in [0.3, 0.4) is 0 Å². The SMILES string of the molecule is CC=[N-].Cc1c[c-]c(-c2ccccn2)cc1.Cn1c(-c2[c-]c(-c3nc4ccccc4n3C)ccc2)nc2ccccc21.[Ir+3]. The molecule has 0 fully saturated rings. The number of hydrogen-bond acceptors (Lipinski definition) is 3. The van der Waals surface area contributed by atoms with E-state index < -0.39 is 0 Å². The van der Waals surface area contributed by atoms with Crippen LogP contribution in [0.1, 0.15) is 12.5 Å². The Morgan fingerprint density at radius 2 is 1.21 bits per heavy atom. The van der Waals surface area contributed by atoms with Gasteiger partial charge in [-0.2, -0.15) is 0 Å². The second kappa shape index (κ2) is 14.5. The van der Waals surface area contributed by atoms with Crippen molar-refractivity contribution in [1.29, 1.82) is 0 Å². The van der Waals surface area contributed by atoms with E-state index in [0.29, 0.717) is 0 Å². The maximum absolute atomic E-state index is 7.44. The van der Waals surface area contributed by atoms with E-state index in [2.05, 4.69) is 51.4 Å². The quantitative estimate of drug-likeness (QED) is 0.136. The zero-order valence-electron chi connectivity index (χ0n) is 24.5. The first-order chi connectivity index (χ1) is 20.5. The van der Waals surface area contributed by atoms with Crippen LogP contribution in [0.15, 0.2) is 109 Å². The van der Waals surface area contributed by atoms with E-state index in [1.807, 2.05) is 99.0 Å². The average Bonchev–Trinajstić information content (AvgIpc) is 3.55. The van der Waals surface area contributed by atoms with Gasteiger partial charge in [0.1, 0.15) is 0 Å². The normalized spacial score (nSPS) is 10.2. The van der Waals surface area contributed by atoms with Crippen molar-refractivity contribution in [3.05, 3.63) is 132 Å². The molecule has 43 heavy (non-hydrogen) atoms. The summed E-state index contributed by atoms with van der Waals surface area (Å²) in [5, 5.41) is 7.44. The molecule has 4 aromatic carbocycles. The Balaban J connectivity index is 0.000000210. The molecule has 0 aliphatic rings. The van der Waals surface area contributed by atoms with Crippen molar-refractivity contribution >= 4 is 28.3 Å². The third-order valence-electron chi connectivity index (χ3n) is 6.76. The molecule has 0 atom stereocenters. The van der Waals surface area contributed by atoms with Gasteiger partial charge in [-0.05, 0) is 36.0 Å². The summed E-state index contributed by atoms with van der Waals surface area (Å²) in [6.45, 7) is 3.61. The van der Waals surface area contributed by atoms with Gasteiger partial charge < -0.3 is 19.5 Å². The first kappa shape index (κ1) is 31.2. The molecule has 0 saturated heterocycles. The van der Waals surface area contributed by atoms with E-state index in [4.69, 9.17) is 15.4 Å². The molecule has 0 amide bonds. The molecule has 0 aliphatic heterocycles. The molecule has 0 aliphatic carbocycles. The summed E-state index contributed by atoms with van der Waals surface area (Å²) >= 11 is 0. The number of para-hydroxylation sites is 4. The summed E-state index contributed by atoms with van der Waals surface area (Å²) in [5.74, 6) is 1.82. The van der Waals surface area contributed by atoms with E-state index in [1.165, 1.54) is 5.56 Å². The first-order valence-electron chi connectivity index (χ1n) is 13.7. The Labute approximate surface area is 266 Å². The van der Waals surface area contributed by atoms with Gasteiger partial charge in [-0.1, -0.05) is 61.4 Å². The van der Waals surface area contributed by atoms with E-state index in [9.17, 15) is 0 Å². The van der Waals surface area contributed by atoms with Gasteiger partial charge >= 0.3 is 20.1 Å². The van der Waals surface area contributed by atoms with Gasteiger partial charge in [0.05, 0.1) is 33.7 Å². The average molecular weight is 740 g/mol. The van der Waals surface area contributed by atoms with Gasteiger partial charge in [-0.25, -0.2) is 6.21 Å². The van der Waals surface area contributed by atoms with Gasteiger partial charge in [-0.15, -0.1) is 59.7 Å². The molecule has 0 radical (unpaired) electrons. The van der Waals surface area contributed by atoms with Crippen LogP contribution in [0.4, 0.5) is 0 Å². The molecule has 7 heteroatoms. The smallest absolute Gasteiger partial charge is 0.814 e. The molecular formula is C36H31IrN6. The number of imidazole rings is 2. The second-order valence-corrected chi connectivity index (χ2v) is 9.70. The van der Waals surface area contributed by atoms with Crippen molar-refractivity contribution in [3.63, 3.8) is 0 Å². The number of nitrogens with zero attached hydrogens (tertiary/aromatic N) is 6. The minimum atomic E-state index is 0. The molecular weight excluding hydrogens is 709 g/mol. The van der Waals surface area contributed by atoms with E-state index in [1.54, 1.807) is 13.1 Å². The first-order valence-corrected chi connectivity index (χ1v) is 13.7. The Morgan fingerprint density at radius 1 is 0.674 bits per heavy atom. The van der Waals surface area contributed by atoms with Crippen LogP contribution < -0.4 is 0 Å². The molecule has 0 saturated carbocycles. The number of hydrogen-bond donors (Lipinski definition) is 0. The number of pyridine rings is 1.